The van der Waals surface area contributed by atoms with E-state index in [4.69, 9.17) is 10.4 Å². The zero-order valence-corrected chi connectivity index (χ0v) is 10.9. The molecule has 1 aliphatic heterocycles. The summed E-state index contributed by atoms with van der Waals surface area (Å²) in [4.78, 5) is 17.3. The molecule has 1 saturated heterocycles. The molecule has 100 valence electrons. The van der Waals surface area contributed by atoms with Crippen LogP contribution in [0.15, 0.2) is 18.3 Å². The highest BCUT2D eigenvalue weighted by Crippen LogP contribution is 2.24. The third-order valence-electron chi connectivity index (χ3n) is 3.73. The average molecular weight is 259 g/mol. The molecule has 2 rings (SSSR count). The molecule has 0 bridgehead atoms. The van der Waals surface area contributed by atoms with Crippen molar-refractivity contribution >= 4 is 5.97 Å². The molecule has 1 aromatic rings. The first-order valence-electron chi connectivity index (χ1n) is 6.42. The largest absolute Gasteiger partial charge is 0.481 e. The first-order valence-corrected chi connectivity index (χ1v) is 6.42. The lowest BCUT2D eigenvalue weighted by molar-refractivity contribution is -0.144. The van der Waals surface area contributed by atoms with Crippen molar-refractivity contribution in [3.8, 4) is 6.07 Å². The van der Waals surface area contributed by atoms with Crippen LogP contribution in [-0.2, 0) is 11.3 Å². The Balaban J connectivity index is 2.05. The van der Waals surface area contributed by atoms with Crippen LogP contribution in [0.1, 0.15) is 31.0 Å². The molecule has 0 amide bonds. The maximum absolute atomic E-state index is 11.0. The second-order valence-electron chi connectivity index (χ2n) is 5.00. The molecule has 2 unspecified atom stereocenters. The van der Waals surface area contributed by atoms with Crippen molar-refractivity contribution in [2.45, 2.75) is 32.4 Å². The zero-order valence-electron chi connectivity index (χ0n) is 10.9. The summed E-state index contributed by atoms with van der Waals surface area (Å²) >= 11 is 0. The van der Waals surface area contributed by atoms with Gasteiger partial charge in [-0.05, 0) is 32.4 Å². The minimum atomic E-state index is -0.703. The number of likely N-dealkylation sites (tertiary alicyclic amines) is 1. The van der Waals surface area contributed by atoms with Crippen LogP contribution in [-0.4, -0.2) is 33.5 Å². The van der Waals surface area contributed by atoms with Crippen molar-refractivity contribution in [3.05, 3.63) is 29.6 Å². The van der Waals surface area contributed by atoms with E-state index in [2.05, 4.69) is 16.0 Å². The molecule has 0 aliphatic carbocycles. The predicted octanol–water partition coefficient (Wildman–Crippen LogP) is 1.64. The molecule has 1 aromatic heterocycles. The molecule has 0 spiro atoms. The molecule has 0 radical (unpaired) electrons. The summed E-state index contributed by atoms with van der Waals surface area (Å²) in [6, 6.07) is 6.03. The standard InChI is InChI=1S/C14H17N3O2/c1-10-7-11(14(18)19)4-6-17(10)9-12-3-2-5-16-13(12)8-15/h2-3,5,10-11H,4,6-7,9H2,1H3,(H,18,19). The number of rotatable bonds is 3. The molecule has 1 fully saturated rings. The van der Waals surface area contributed by atoms with Gasteiger partial charge in [0.1, 0.15) is 11.8 Å². The van der Waals surface area contributed by atoms with Crippen LogP contribution < -0.4 is 0 Å². The van der Waals surface area contributed by atoms with E-state index in [0.717, 1.165) is 12.1 Å². The molecule has 1 N–H and O–H groups in total. The predicted molar refractivity (Wildman–Crippen MR) is 69.2 cm³/mol. The molecule has 5 heteroatoms. The monoisotopic (exact) mass is 259 g/mol. The third-order valence-corrected chi connectivity index (χ3v) is 3.73. The van der Waals surface area contributed by atoms with E-state index in [1.54, 1.807) is 6.20 Å². The van der Waals surface area contributed by atoms with Gasteiger partial charge in [0.25, 0.3) is 0 Å². The van der Waals surface area contributed by atoms with E-state index in [1.807, 2.05) is 19.1 Å². The fourth-order valence-electron chi connectivity index (χ4n) is 2.57. The molecule has 0 aromatic carbocycles. The topological polar surface area (TPSA) is 77.2 Å². The molecule has 5 nitrogen and oxygen atoms in total. The van der Waals surface area contributed by atoms with Crippen LogP contribution >= 0.6 is 0 Å². The van der Waals surface area contributed by atoms with E-state index < -0.39 is 5.97 Å². The number of carboxylic acid groups (broad SMARTS) is 1. The van der Waals surface area contributed by atoms with E-state index in [9.17, 15) is 4.79 Å². The molecule has 19 heavy (non-hydrogen) atoms. The number of aliphatic carboxylic acids is 1. The minimum absolute atomic E-state index is 0.210. The lowest BCUT2D eigenvalue weighted by atomic mass is 9.91. The molecule has 2 atom stereocenters. The van der Waals surface area contributed by atoms with Gasteiger partial charge in [0.15, 0.2) is 0 Å². The van der Waals surface area contributed by atoms with E-state index >= 15 is 0 Å². The van der Waals surface area contributed by atoms with Gasteiger partial charge in [0.2, 0.25) is 0 Å². The highest BCUT2D eigenvalue weighted by atomic mass is 16.4. The lowest BCUT2D eigenvalue weighted by Gasteiger charge is -2.36. The van der Waals surface area contributed by atoms with Crippen molar-refractivity contribution in [2.75, 3.05) is 6.54 Å². The summed E-state index contributed by atoms with van der Waals surface area (Å²) in [7, 11) is 0. The Morgan fingerprint density at radius 1 is 1.68 bits per heavy atom. The second kappa shape index (κ2) is 5.81. The number of piperidine rings is 1. The smallest absolute Gasteiger partial charge is 0.306 e. The van der Waals surface area contributed by atoms with Gasteiger partial charge < -0.3 is 5.11 Å². The SMILES string of the molecule is CC1CC(C(=O)O)CCN1Cc1cccnc1C#N. The lowest BCUT2D eigenvalue weighted by Crippen LogP contribution is -2.42. The van der Waals surface area contributed by atoms with Crippen LogP contribution in [0.25, 0.3) is 0 Å². The van der Waals surface area contributed by atoms with Crippen LogP contribution in [0.5, 0.6) is 0 Å². The van der Waals surface area contributed by atoms with Gasteiger partial charge >= 0.3 is 5.97 Å². The quantitative estimate of drug-likeness (QED) is 0.892. The summed E-state index contributed by atoms with van der Waals surface area (Å²) in [6.45, 7) is 3.44. The third kappa shape index (κ3) is 3.09. The van der Waals surface area contributed by atoms with Crippen molar-refractivity contribution < 1.29 is 9.90 Å². The summed E-state index contributed by atoms with van der Waals surface area (Å²) in [5, 5.41) is 18.1. The molecule has 0 saturated carbocycles. The normalized spacial score (nSPS) is 23.8. The van der Waals surface area contributed by atoms with Gasteiger partial charge in [0.05, 0.1) is 5.92 Å². The van der Waals surface area contributed by atoms with Gasteiger partial charge in [-0.25, -0.2) is 4.98 Å². The number of nitriles is 1. The fraction of sp³-hybridized carbons (Fsp3) is 0.500. The van der Waals surface area contributed by atoms with Crippen LogP contribution in [0, 0.1) is 17.2 Å². The van der Waals surface area contributed by atoms with Gasteiger partial charge in [-0.3, -0.25) is 9.69 Å². The summed E-state index contributed by atoms with van der Waals surface area (Å²) in [6.07, 6.45) is 2.95. The first-order chi connectivity index (χ1) is 9.11. The van der Waals surface area contributed by atoms with Crippen molar-refractivity contribution in [3.63, 3.8) is 0 Å². The molecular formula is C14H17N3O2. The highest BCUT2D eigenvalue weighted by Gasteiger charge is 2.29. The Kier molecular flexibility index (Phi) is 4.13. The number of aromatic nitrogens is 1. The Morgan fingerprint density at radius 2 is 2.47 bits per heavy atom. The summed E-state index contributed by atoms with van der Waals surface area (Å²) in [5.41, 5.74) is 1.36. The number of hydrogen-bond donors (Lipinski definition) is 1. The zero-order chi connectivity index (χ0) is 13.8. The minimum Gasteiger partial charge on any atom is -0.481 e. The van der Waals surface area contributed by atoms with E-state index in [-0.39, 0.29) is 12.0 Å². The number of carbonyl (C=O) groups is 1. The van der Waals surface area contributed by atoms with Crippen LogP contribution in [0.3, 0.4) is 0 Å². The Morgan fingerprint density at radius 3 is 3.11 bits per heavy atom. The molecule has 2 heterocycles. The molecule has 1 aliphatic rings. The highest BCUT2D eigenvalue weighted by molar-refractivity contribution is 5.70. The number of hydrogen-bond acceptors (Lipinski definition) is 4. The first kappa shape index (κ1) is 13.5. The molecular weight excluding hydrogens is 242 g/mol. The van der Waals surface area contributed by atoms with Crippen molar-refractivity contribution in [1.82, 2.24) is 9.88 Å². The van der Waals surface area contributed by atoms with E-state index in [1.165, 1.54) is 0 Å². The summed E-state index contributed by atoms with van der Waals surface area (Å²) in [5.74, 6) is -0.943. The van der Waals surface area contributed by atoms with Crippen molar-refractivity contribution in [1.29, 1.82) is 5.26 Å². The Labute approximate surface area is 112 Å². The summed E-state index contributed by atoms with van der Waals surface area (Å²) < 4.78 is 0. The number of pyridine rings is 1. The average Bonchev–Trinajstić information content (AvgIpc) is 2.41. The van der Waals surface area contributed by atoms with Crippen LogP contribution in [0.4, 0.5) is 0 Å². The van der Waals surface area contributed by atoms with Crippen molar-refractivity contribution in [2.24, 2.45) is 5.92 Å². The maximum atomic E-state index is 11.0. The van der Waals surface area contributed by atoms with Gasteiger partial charge in [-0.1, -0.05) is 6.07 Å². The number of carboxylic acids is 1. The van der Waals surface area contributed by atoms with Gasteiger partial charge in [-0.2, -0.15) is 5.26 Å². The Bertz CT molecular complexity index is 510. The van der Waals surface area contributed by atoms with Gasteiger partial charge in [0, 0.05) is 24.3 Å². The second-order valence-corrected chi connectivity index (χ2v) is 5.00. The maximum Gasteiger partial charge on any atom is 0.306 e. The Hall–Kier alpha value is -1.93. The number of nitrogens with zero attached hydrogens (tertiary/aromatic N) is 3. The van der Waals surface area contributed by atoms with Crippen LogP contribution in [0.2, 0.25) is 0 Å². The van der Waals surface area contributed by atoms with E-state index in [0.29, 0.717) is 25.1 Å². The fourth-order valence-corrected chi connectivity index (χ4v) is 2.57. The van der Waals surface area contributed by atoms with Gasteiger partial charge in [-0.15, -0.1) is 0 Å².